The highest BCUT2D eigenvalue weighted by atomic mass is 16.6. The molecule has 6 aromatic carbocycles. The number of nitrogens with zero attached hydrogens (tertiary/aromatic N) is 1. The normalized spacial score (nSPS) is 16.3. The van der Waals surface area contributed by atoms with E-state index in [4.69, 9.17) is 19.6 Å². The summed E-state index contributed by atoms with van der Waals surface area (Å²) in [6.45, 7) is 16.1. The molecule has 9 nitrogen and oxygen atoms in total. The number of fused-ring (bicyclic) bond motifs is 4. The Labute approximate surface area is 332 Å². The highest BCUT2D eigenvalue weighted by molar-refractivity contribution is 6.04. The Balaban J connectivity index is 0.000000180. The van der Waals surface area contributed by atoms with Gasteiger partial charge in [-0.15, -0.1) is 0 Å². The van der Waals surface area contributed by atoms with Crippen LogP contribution in [0.15, 0.2) is 146 Å². The third-order valence-corrected chi connectivity index (χ3v) is 9.88. The second-order valence-electron chi connectivity index (χ2n) is 14.1. The quantitative estimate of drug-likeness (QED) is 0.0572. The van der Waals surface area contributed by atoms with Gasteiger partial charge in [0.2, 0.25) is 0 Å². The van der Waals surface area contributed by atoms with Crippen molar-refractivity contribution < 1.29 is 33.5 Å². The molecule has 9 heteroatoms. The smallest absolute Gasteiger partial charge is 0.334 e. The van der Waals surface area contributed by atoms with E-state index in [2.05, 4.69) is 78.6 Å². The maximum atomic E-state index is 12.3. The molecule has 0 amide bonds. The molecule has 0 heterocycles. The average Bonchev–Trinajstić information content (AvgIpc) is 3.19. The molecule has 0 N–H and O–H groups in total. The minimum atomic E-state index is -0.833. The average molecular weight is 764 g/mol. The summed E-state index contributed by atoms with van der Waals surface area (Å²) < 4.78 is 16.1. The second-order valence-corrected chi connectivity index (χ2v) is 14.1. The van der Waals surface area contributed by atoms with E-state index in [9.17, 15) is 14.4 Å². The van der Waals surface area contributed by atoms with Crippen LogP contribution in [0.3, 0.4) is 0 Å². The molecule has 0 fully saturated rings. The van der Waals surface area contributed by atoms with Gasteiger partial charge in [-0.2, -0.15) is 0 Å². The molecule has 0 spiro atoms. The molecule has 0 bridgehead atoms. The van der Waals surface area contributed by atoms with E-state index >= 15 is 0 Å². The van der Waals surface area contributed by atoms with E-state index in [-0.39, 0.29) is 17.9 Å². The van der Waals surface area contributed by atoms with Gasteiger partial charge in [0, 0.05) is 45.2 Å². The van der Waals surface area contributed by atoms with Gasteiger partial charge in [0.25, 0.3) is 0 Å². The van der Waals surface area contributed by atoms with Crippen LogP contribution in [0, 0.1) is 10.1 Å². The Kier molecular flexibility index (Phi) is 12.2. The van der Waals surface area contributed by atoms with Gasteiger partial charge in [0.05, 0.1) is 7.11 Å². The standard InChI is InChI=1S/2C22H18O2.C3H6O2.CH3NO2/c2*1-14(2)21(23)24-22(3)18-12-5-4-10-16(18)17-11-6-8-15-9-7-13-19(22)20(15)17;1-3(4)5-2;1-2(3)4/h2*4-13H,1H2,2-3H3;1-2H3;1H3. The predicted octanol–water partition coefficient (Wildman–Crippen LogP) is 10.5. The summed E-state index contributed by atoms with van der Waals surface area (Å²) in [6, 6.07) is 41.2. The summed E-state index contributed by atoms with van der Waals surface area (Å²) in [7, 11) is 2.24. The van der Waals surface area contributed by atoms with Crippen LogP contribution in [-0.4, -0.2) is 37.0 Å². The molecule has 2 aliphatic carbocycles. The molecule has 0 saturated carbocycles. The lowest BCUT2D eigenvalue weighted by atomic mass is 9.74. The molecule has 290 valence electrons. The van der Waals surface area contributed by atoms with Crippen LogP contribution >= 0.6 is 0 Å². The largest absolute Gasteiger partial charge is 0.469 e. The molecule has 0 aromatic heterocycles. The Morgan fingerprint density at radius 1 is 0.544 bits per heavy atom. The fourth-order valence-electron chi connectivity index (χ4n) is 7.25. The lowest BCUT2D eigenvalue weighted by molar-refractivity contribution is -0.445. The number of rotatable bonds is 4. The number of hydrogen-bond acceptors (Lipinski definition) is 8. The highest BCUT2D eigenvalue weighted by Gasteiger charge is 2.42. The Morgan fingerprint density at radius 3 is 1.14 bits per heavy atom. The first-order valence-electron chi connectivity index (χ1n) is 18.2. The summed E-state index contributed by atoms with van der Waals surface area (Å²) in [6.07, 6.45) is 0. The number of esters is 3. The molecule has 0 radical (unpaired) electrons. The number of ether oxygens (including phenoxy) is 3. The van der Waals surface area contributed by atoms with Gasteiger partial charge >= 0.3 is 17.9 Å². The molecule has 2 aliphatic rings. The van der Waals surface area contributed by atoms with E-state index in [0.29, 0.717) is 11.1 Å². The zero-order valence-electron chi connectivity index (χ0n) is 33.2. The molecule has 0 saturated heterocycles. The van der Waals surface area contributed by atoms with Crippen molar-refractivity contribution in [3.8, 4) is 22.3 Å². The van der Waals surface area contributed by atoms with Crippen molar-refractivity contribution in [1.82, 2.24) is 0 Å². The Morgan fingerprint density at radius 2 is 0.825 bits per heavy atom. The fraction of sp³-hybridized carbons (Fsp3) is 0.188. The lowest BCUT2D eigenvalue weighted by Crippen LogP contribution is -2.33. The van der Waals surface area contributed by atoms with E-state index in [0.717, 1.165) is 62.0 Å². The van der Waals surface area contributed by atoms with Crippen LogP contribution in [0.4, 0.5) is 0 Å². The molecular formula is C48H45NO8. The Bertz CT molecular complexity index is 2390. The fourth-order valence-corrected chi connectivity index (χ4v) is 7.25. The monoisotopic (exact) mass is 763 g/mol. The van der Waals surface area contributed by atoms with E-state index in [1.54, 1.807) is 13.8 Å². The zero-order valence-corrected chi connectivity index (χ0v) is 33.2. The Hall–Kier alpha value is -6.87. The second kappa shape index (κ2) is 16.9. The van der Waals surface area contributed by atoms with Gasteiger partial charge in [-0.1, -0.05) is 134 Å². The molecule has 0 aliphatic heterocycles. The van der Waals surface area contributed by atoms with Crippen LogP contribution in [0.5, 0.6) is 0 Å². The third-order valence-electron chi connectivity index (χ3n) is 9.88. The number of hydrogen-bond donors (Lipinski definition) is 0. The summed E-state index contributed by atoms with van der Waals surface area (Å²) in [4.78, 5) is 42.6. The van der Waals surface area contributed by atoms with Crippen molar-refractivity contribution in [2.45, 2.75) is 45.8 Å². The van der Waals surface area contributed by atoms with E-state index in [1.165, 1.54) is 25.2 Å². The van der Waals surface area contributed by atoms with Gasteiger partial charge in [-0.3, -0.25) is 14.9 Å². The minimum absolute atomic E-state index is 0.245. The van der Waals surface area contributed by atoms with Crippen molar-refractivity contribution in [2.75, 3.05) is 14.2 Å². The van der Waals surface area contributed by atoms with Crippen molar-refractivity contribution in [2.24, 2.45) is 0 Å². The van der Waals surface area contributed by atoms with Crippen LogP contribution in [0.2, 0.25) is 0 Å². The molecule has 57 heavy (non-hydrogen) atoms. The van der Waals surface area contributed by atoms with Gasteiger partial charge in [0.1, 0.15) is 0 Å². The van der Waals surface area contributed by atoms with E-state index < -0.39 is 16.1 Å². The van der Waals surface area contributed by atoms with E-state index in [1.807, 2.05) is 74.5 Å². The van der Waals surface area contributed by atoms with Gasteiger partial charge in [-0.05, 0) is 71.5 Å². The number of carbonyl (C=O) groups is 3. The van der Waals surface area contributed by atoms with Crippen LogP contribution in [-0.2, 0) is 39.8 Å². The van der Waals surface area contributed by atoms with Crippen molar-refractivity contribution in [3.63, 3.8) is 0 Å². The van der Waals surface area contributed by atoms with Crippen LogP contribution < -0.4 is 0 Å². The maximum Gasteiger partial charge on any atom is 0.334 e. The molecule has 8 rings (SSSR count). The zero-order chi connectivity index (χ0) is 41.7. The SMILES string of the molecule is C=C(C)C(=O)OC1(C)c2ccccc2-c2cccc3cccc1c23.C=C(C)C(=O)OC1(C)c2ccccc2-c2cccc3cccc1c23.COC(C)=O.C[N+](=O)[O-]. The van der Waals surface area contributed by atoms with Gasteiger partial charge in [0.15, 0.2) is 18.2 Å². The van der Waals surface area contributed by atoms with Crippen molar-refractivity contribution in [1.29, 1.82) is 0 Å². The van der Waals surface area contributed by atoms with Gasteiger partial charge in [-0.25, -0.2) is 9.59 Å². The minimum Gasteiger partial charge on any atom is -0.469 e. The van der Waals surface area contributed by atoms with Crippen molar-refractivity contribution >= 4 is 39.5 Å². The number of benzene rings is 6. The number of nitro groups is 1. The first kappa shape index (κ1) is 41.3. The summed E-state index contributed by atoms with van der Waals surface area (Å²) >= 11 is 0. The number of methoxy groups -OCH3 is 1. The molecule has 2 unspecified atom stereocenters. The molecular weight excluding hydrogens is 719 g/mol. The molecule has 2 atom stereocenters. The van der Waals surface area contributed by atoms with Crippen LogP contribution in [0.1, 0.15) is 56.9 Å². The topological polar surface area (TPSA) is 122 Å². The summed E-state index contributed by atoms with van der Waals surface area (Å²) in [5.41, 5.74) is 7.77. The first-order chi connectivity index (χ1) is 27.0. The van der Waals surface area contributed by atoms with Gasteiger partial charge < -0.3 is 14.2 Å². The third kappa shape index (κ3) is 8.23. The van der Waals surface area contributed by atoms with Crippen LogP contribution in [0.25, 0.3) is 43.8 Å². The predicted molar refractivity (Wildman–Crippen MR) is 224 cm³/mol. The summed E-state index contributed by atoms with van der Waals surface area (Å²) in [5.74, 6) is -0.989. The first-order valence-corrected chi connectivity index (χ1v) is 18.2. The van der Waals surface area contributed by atoms with Crippen molar-refractivity contribution in [3.05, 3.63) is 178 Å². The maximum absolute atomic E-state index is 12.3. The molecule has 6 aromatic rings. The lowest BCUT2D eigenvalue weighted by Gasteiger charge is -2.37. The number of carbonyl (C=O) groups excluding carboxylic acids is 3. The highest BCUT2D eigenvalue weighted by Crippen LogP contribution is 2.50. The summed E-state index contributed by atoms with van der Waals surface area (Å²) in [5, 5.41) is 13.4.